The van der Waals surface area contributed by atoms with Crippen LogP contribution in [0.5, 0.6) is 0 Å². The molecule has 0 bridgehead atoms. The molecule has 6 heteroatoms. The predicted octanol–water partition coefficient (Wildman–Crippen LogP) is 2.36. The standard InChI is InChI=1S/C12H11FN2O3/c1-3-17-12(16)11-15-14-10(18-11)8-6-7(2)4-5-9(8)13/h4-6H,3H2,1-2H3. The maximum atomic E-state index is 13.6. The normalized spacial score (nSPS) is 10.4. The van der Waals surface area contributed by atoms with Gasteiger partial charge >= 0.3 is 11.9 Å². The fraction of sp³-hybridized carbons (Fsp3) is 0.250. The molecule has 94 valence electrons. The Morgan fingerprint density at radius 1 is 1.44 bits per heavy atom. The molecule has 0 atom stereocenters. The van der Waals surface area contributed by atoms with Crippen molar-refractivity contribution in [2.75, 3.05) is 6.61 Å². The number of carbonyl (C=O) groups excluding carboxylic acids is 1. The lowest BCUT2D eigenvalue weighted by atomic mass is 10.1. The molecule has 1 aromatic carbocycles. The summed E-state index contributed by atoms with van der Waals surface area (Å²) < 4.78 is 23.4. The number of benzene rings is 1. The van der Waals surface area contributed by atoms with E-state index in [-0.39, 0.29) is 24.0 Å². The number of rotatable bonds is 3. The fourth-order valence-electron chi connectivity index (χ4n) is 1.41. The zero-order valence-electron chi connectivity index (χ0n) is 9.94. The van der Waals surface area contributed by atoms with Crippen molar-refractivity contribution < 1.29 is 18.3 Å². The molecule has 0 amide bonds. The first-order valence-corrected chi connectivity index (χ1v) is 5.39. The summed E-state index contributed by atoms with van der Waals surface area (Å²) in [6.45, 7) is 3.68. The molecule has 0 N–H and O–H groups in total. The number of ether oxygens (including phenoxy) is 1. The number of hydrogen-bond acceptors (Lipinski definition) is 5. The number of aryl methyl sites for hydroxylation is 1. The largest absolute Gasteiger partial charge is 0.459 e. The number of aromatic nitrogens is 2. The summed E-state index contributed by atoms with van der Waals surface area (Å²) in [6.07, 6.45) is 0. The van der Waals surface area contributed by atoms with Gasteiger partial charge in [-0.3, -0.25) is 0 Å². The van der Waals surface area contributed by atoms with Crippen molar-refractivity contribution >= 4 is 5.97 Å². The molecule has 5 nitrogen and oxygen atoms in total. The Kier molecular flexibility index (Phi) is 3.36. The van der Waals surface area contributed by atoms with Crippen molar-refractivity contribution in [3.8, 4) is 11.5 Å². The molecule has 1 heterocycles. The molecule has 0 radical (unpaired) electrons. The maximum absolute atomic E-state index is 13.6. The lowest BCUT2D eigenvalue weighted by Gasteiger charge is -1.99. The van der Waals surface area contributed by atoms with E-state index < -0.39 is 11.8 Å². The first-order chi connectivity index (χ1) is 8.61. The SMILES string of the molecule is CCOC(=O)c1nnc(-c2cc(C)ccc2F)o1. The minimum Gasteiger partial charge on any atom is -0.459 e. The molecule has 0 spiro atoms. The van der Waals surface area contributed by atoms with Crippen molar-refractivity contribution in [2.24, 2.45) is 0 Å². The van der Waals surface area contributed by atoms with Crippen LogP contribution in [-0.2, 0) is 4.74 Å². The molecule has 1 aromatic heterocycles. The molecule has 2 rings (SSSR count). The Balaban J connectivity index is 2.35. The van der Waals surface area contributed by atoms with E-state index in [1.165, 1.54) is 6.07 Å². The van der Waals surface area contributed by atoms with E-state index in [1.54, 1.807) is 19.1 Å². The van der Waals surface area contributed by atoms with Crippen molar-refractivity contribution in [3.05, 3.63) is 35.5 Å². The molecule has 0 saturated heterocycles. The van der Waals surface area contributed by atoms with E-state index in [1.807, 2.05) is 6.92 Å². The summed E-state index contributed by atoms with van der Waals surface area (Å²) in [5.74, 6) is -1.53. The molecule has 2 aromatic rings. The summed E-state index contributed by atoms with van der Waals surface area (Å²) in [4.78, 5) is 11.3. The van der Waals surface area contributed by atoms with Crippen LogP contribution in [0.15, 0.2) is 22.6 Å². The number of carbonyl (C=O) groups is 1. The number of esters is 1. The van der Waals surface area contributed by atoms with Crippen LogP contribution in [0.2, 0.25) is 0 Å². The van der Waals surface area contributed by atoms with Gasteiger partial charge in [0.1, 0.15) is 5.82 Å². The van der Waals surface area contributed by atoms with Crippen molar-refractivity contribution in [2.45, 2.75) is 13.8 Å². The second-order valence-electron chi connectivity index (χ2n) is 3.62. The highest BCUT2D eigenvalue weighted by atomic mass is 19.1. The number of halogens is 1. The van der Waals surface area contributed by atoms with Gasteiger partial charge in [0.05, 0.1) is 12.2 Å². The van der Waals surface area contributed by atoms with Gasteiger partial charge in [0, 0.05) is 0 Å². The second-order valence-corrected chi connectivity index (χ2v) is 3.62. The highest BCUT2D eigenvalue weighted by Gasteiger charge is 2.18. The van der Waals surface area contributed by atoms with Crippen molar-refractivity contribution in [1.29, 1.82) is 0 Å². The van der Waals surface area contributed by atoms with Gasteiger partial charge in [-0.1, -0.05) is 11.6 Å². The van der Waals surface area contributed by atoms with E-state index >= 15 is 0 Å². The summed E-state index contributed by atoms with van der Waals surface area (Å²) in [7, 11) is 0. The average Bonchev–Trinajstić information content (AvgIpc) is 2.82. The molecule has 0 saturated carbocycles. The minimum atomic E-state index is -0.718. The summed E-state index contributed by atoms with van der Waals surface area (Å²) >= 11 is 0. The smallest absolute Gasteiger partial charge is 0.396 e. The average molecular weight is 250 g/mol. The Labute approximate surface area is 103 Å². The van der Waals surface area contributed by atoms with Crippen LogP contribution in [0.4, 0.5) is 4.39 Å². The van der Waals surface area contributed by atoms with Crippen molar-refractivity contribution in [1.82, 2.24) is 10.2 Å². The van der Waals surface area contributed by atoms with Crippen LogP contribution in [-0.4, -0.2) is 22.8 Å². The van der Waals surface area contributed by atoms with E-state index in [4.69, 9.17) is 9.15 Å². The van der Waals surface area contributed by atoms with Gasteiger partial charge in [-0.2, -0.15) is 0 Å². The molecule has 0 aliphatic carbocycles. The van der Waals surface area contributed by atoms with E-state index in [0.717, 1.165) is 5.56 Å². The first kappa shape index (κ1) is 12.2. The molecule has 0 aliphatic heterocycles. The zero-order valence-corrected chi connectivity index (χ0v) is 9.94. The Morgan fingerprint density at radius 3 is 2.94 bits per heavy atom. The summed E-state index contributed by atoms with van der Waals surface area (Å²) in [5.41, 5.74) is 1.01. The zero-order chi connectivity index (χ0) is 13.1. The van der Waals surface area contributed by atoms with Gasteiger partial charge < -0.3 is 9.15 Å². The highest BCUT2D eigenvalue weighted by Crippen LogP contribution is 2.22. The monoisotopic (exact) mass is 250 g/mol. The topological polar surface area (TPSA) is 65.2 Å². The highest BCUT2D eigenvalue weighted by molar-refractivity contribution is 5.84. The number of nitrogens with zero attached hydrogens (tertiary/aromatic N) is 2. The van der Waals surface area contributed by atoms with Crippen LogP contribution in [0, 0.1) is 12.7 Å². The second kappa shape index (κ2) is 4.95. The van der Waals surface area contributed by atoms with Gasteiger partial charge in [-0.25, -0.2) is 9.18 Å². The Bertz CT molecular complexity index is 580. The van der Waals surface area contributed by atoms with E-state index in [0.29, 0.717) is 0 Å². The van der Waals surface area contributed by atoms with Gasteiger partial charge in [-0.15, -0.1) is 10.2 Å². The quantitative estimate of drug-likeness (QED) is 0.782. The van der Waals surface area contributed by atoms with Crippen LogP contribution >= 0.6 is 0 Å². The molecular weight excluding hydrogens is 239 g/mol. The molecule has 0 aliphatic rings. The molecule has 0 fully saturated rings. The van der Waals surface area contributed by atoms with Gasteiger partial charge in [-0.05, 0) is 26.0 Å². The van der Waals surface area contributed by atoms with Gasteiger partial charge in [0.25, 0.3) is 5.89 Å². The van der Waals surface area contributed by atoms with Crippen LogP contribution in [0.1, 0.15) is 23.2 Å². The third kappa shape index (κ3) is 2.37. The van der Waals surface area contributed by atoms with Crippen LogP contribution < -0.4 is 0 Å². The van der Waals surface area contributed by atoms with E-state index in [2.05, 4.69) is 10.2 Å². The molecule has 18 heavy (non-hydrogen) atoms. The third-order valence-corrected chi connectivity index (χ3v) is 2.23. The van der Waals surface area contributed by atoms with Crippen LogP contribution in [0.25, 0.3) is 11.5 Å². The Hall–Kier alpha value is -2.24. The third-order valence-electron chi connectivity index (χ3n) is 2.23. The number of hydrogen-bond donors (Lipinski definition) is 0. The van der Waals surface area contributed by atoms with E-state index in [9.17, 15) is 9.18 Å². The predicted molar refractivity (Wildman–Crippen MR) is 60.4 cm³/mol. The fourth-order valence-corrected chi connectivity index (χ4v) is 1.41. The summed E-state index contributed by atoms with van der Waals surface area (Å²) in [6, 6.07) is 4.50. The van der Waals surface area contributed by atoms with Crippen molar-refractivity contribution in [3.63, 3.8) is 0 Å². The lowest BCUT2D eigenvalue weighted by molar-refractivity contribution is 0.0481. The minimum absolute atomic E-state index is 0.0424. The van der Waals surface area contributed by atoms with Crippen LogP contribution in [0.3, 0.4) is 0 Å². The molecule has 0 unspecified atom stereocenters. The maximum Gasteiger partial charge on any atom is 0.396 e. The van der Waals surface area contributed by atoms with Gasteiger partial charge in [0.15, 0.2) is 0 Å². The molecular formula is C12H11FN2O3. The lowest BCUT2D eigenvalue weighted by Crippen LogP contribution is -2.04. The first-order valence-electron chi connectivity index (χ1n) is 5.39. The summed E-state index contributed by atoms with van der Waals surface area (Å²) in [5, 5.41) is 7.16. The van der Waals surface area contributed by atoms with Gasteiger partial charge in [0.2, 0.25) is 0 Å². The Morgan fingerprint density at radius 2 is 2.22 bits per heavy atom.